The number of rotatable bonds is 6. The van der Waals surface area contributed by atoms with Crippen LogP contribution in [0.15, 0.2) is 12.1 Å². The normalized spacial score (nSPS) is 11.2. The zero-order chi connectivity index (χ0) is 16.4. The largest absolute Gasteiger partial charge is 0.478 e. The van der Waals surface area contributed by atoms with Gasteiger partial charge in [-0.2, -0.15) is 0 Å². The second-order valence-electron chi connectivity index (χ2n) is 4.43. The number of benzene rings is 1. The van der Waals surface area contributed by atoms with Crippen molar-refractivity contribution in [2.75, 3.05) is 30.5 Å². The minimum absolute atomic E-state index is 0.0917. The number of carboxylic acids is 1. The first kappa shape index (κ1) is 16.8. The van der Waals surface area contributed by atoms with Gasteiger partial charge in [0.05, 0.1) is 10.7 Å². The van der Waals surface area contributed by atoms with E-state index in [0.29, 0.717) is 12.1 Å². The van der Waals surface area contributed by atoms with Crippen LogP contribution in [0, 0.1) is 15.9 Å². The molecule has 0 unspecified atom stereocenters. The Morgan fingerprint density at radius 1 is 1.48 bits per heavy atom. The van der Waals surface area contributed by atoms with Crippen molar-refractivity contribution >= 4 is 27.2 Å². The smallest absolute Gasteiger partial charge is 0.338 e. The van der Waals surface area contributed by atoms with E-state index in [0.717, 1.165) is 6.26 Å². The number of nitrogens with zero attached hydrogens (tertiary/aromatic N) is 2. The Morgan fingerprint density at radius 3 is 2.48 bits per heavy atom. The van der Waals surface area contributed by atoms with Gasteiger partial charge < -0.3 is 10.0 Å². The number of nitro groups is 1. The van der Waals surface area contributed by atoms with Crippen molar-refractivity contribution < 1.29 is 27.6 Å². The molecule has 21 heavy (non-hydrogen) atoms. The Bertz CT molecular complexity index is 688. The summed E-state index contributed by atoms with van der Waals surface area (Å²) < 4.78 is 35.8. The number of anilines is 1. The van der Waals surface area contributed by atoms with Crippen molar-refractivity contribution in [1.29, 1.82) is 0 Å². The monoisotopic (exact) mass is 320 g/mol. The van der Waals surface area contributed by atoms with E-state index < -0.39 is 37.8 Å². The fourth-order valence-corrected chi connectivity index (χ4v) is 2.20. The summed E-state index contributed by atoms with van der Waals surface area (Å²) in [5.74, 6) is -3.03. The molecule has 0 aliphatic rings. The standard InChI is InChI=1S/C11H13FN2O6S/c1-13(3-4-21(2,19)20)9-6-8(12)7(11(15)16)5-10(9)14(17)18/h5-6H,3-4H2,1-2H3,(H,15,16). The Hall–Kier alpha value is -2.23. The molecule has 1 N–H and O–H groups in total. The summed E-state index contributed by atoms with van der Waals surface area (Å²) in [6.07, 6.45) is 1.00. The second kappa shape index (κ2) is 6.04. The van der Waals surface area contributed by atoms with Crippen LogP contribution in [0.1, 0.15) is 10.4 Å². The summed E-state index contributed by atoms with van der Waals surface area (Å²) in [5, 5.41) is 19.7. The third-order valence-corrected chi connectivity index (χ3v) is 3.62. The lowest BCUT2D eigenvalue weighted by molar-refractivity contribution is -0.384. The quantitative estimate of drug-likeness (QED) is 0.611. The van der Waals surface area contributed by atoms with Gasteiger partial charge in [-0.15, -0.1) is 0 Å². The van der Waals surface area contributed by atoms with Crippen LogP contribution in [0.2, 0.25) is 0 Å². The summed E-state index contributed by atoms with van der Waals surface area (Å²) in [7, 11) is -1.94. The van der Waals surface area contributed by atoms with E-state index in [2.05, 4.69) is 0 Å². The Balaban J connectivity index is 3.25. The van der Waals surface area contributed by atoms with Crippen LogP contribution in [-0.2, 0) is 9.84 Å². The summed E-state index contributed by atoms with van der Waals surface area (Å²) in [6, 6.07) is 1.33. The van der Waals surface area contributed by atoms with Crippen LogP contribution in [0.3, 0.4) is 0 Å². The minimum atomic E-state index is -3.29. The van der Waals surface area contributed by atoms with Crippen molar-refractivity contribution in [3.63, 3.8) is 0 Å². The van der Waals surface area contributed by atoms with E-state index in [1.165, 1.54) is 11.9 Å². The molecule has 1 aromatic carbocycles. The molecule has 0 atom stereocenters. The number of sulfone groups is 1. The van der Waals surface area contributed by atoms with Gasteiger partial charge in [-0.3, -0.25) is 10.1 Å². The first-order chi connectivity index (χ1) is 9.53. The molecule has 0 aromatic heterocycles. The topological polar surface area (TPSA) is 118 Å². The highest BCUT2D eigenvalue weighted by Gasteiger charge is 2.24. The predicted molar refractivity (Wildman–Crippen MR) is 73.0 cm³/mol. The van der Waals surface area contributed by atoms with Gasteiger partial charge in [-0.25, -0.2) is 17.6 Å². The zero-order valence-electron chi connectivity index (χ0n) is 11.2. The molecule has 10 heteroatoms. The summed E-state index contributed by atoms with van der Waals surface area (Å²) >= 11 is 0. The van der Waals surface area contributed by atoms with Gasteiger partial charge in [0.15, 0.2) is 0 Å². The highest BCUT2D eigenvalue weighted by Crippen LogP contribution is 2.30. The van der Waals surface area contributed by atoms with Crippen LogP contribution in [-0.4, -0.2) is 50.0 Å². The van der Waals surface area contributed by atoms with Crippen LogP contribution in [0.25, 0.3) is 0 Å². The van der Waals surface area contributed by atoms with Crippen molar-refractivity contribution in [2.45, 2.75) is 0 Å². The Morgan fingerprint density at radius 2 is 2.05 bits per heavy atom. The molecular formula is C11H13FN2O6S. The molecule has 1 aromatic rings. The molecule has 0 spiro atoms. The Kier molecular flexibility index (Phi) is 4.84. The van der Waals surface area contributed by atoms with Gasteiger partial charge in [0.25, 0.3) is 5.69 Å². The van der Waals surface area contributed by atoms with E-state index in [1.54, 1.807) is 0 Å². The van der Waals surface area contributed by atoms with Gasteiger partial charge in [-0.05, 0) is 0 Å². The van der Waals surface area contributed by atoms with Crippen molar-refractivity contribution in [3.8, 4) is 0 Å². The molecule has 0 saturated heterocycles. The maximum absolute atomic E-state index is 13.6. The van der Waals surface area contributed by atoms with E-state index in [1.807, 2.05) is 0 Å². The molecule has 0 radical (unpaired) electrons. The maximum atomic E-state index is 13.6. The first-order valence-corrected chi connectivity index (χ1v) is 7.69. The molecule has 116 valence electrons. The SMILES string of the molecule is CN(CCS(C)(=O)=O)c1cc(F)c(C(=O)O)cc1[N+](=O)[O-]. The summed E-state index contributed by atoms with van der Waals surface area (Å²) in [6.45, 7) is -0.0917. The average molecular weight is 320 g/mol. The lowest BCUT2D eigenvalue weighted by atomic mass is 10.1. The Labute approximate surface area is 119 Å². The molecule has 8 nitrogen and oxygen atoms in total. The number of hydrogen-bond donors (Lipinski definition) is 1. The van der Waals surface area contributed by atoms with E-state index in [-0.39, 0.29) is 18.0 Å². The number of aromatic carboxylic acids is 1. The minimum Gasteiger partial charge on any atom is -0.478 e. The fourth-order valence-electron chi connectivity index (χ4n) is 1.59. The van der Waals surface area contributed by atoms with Crippen molar-refractivity contribution in [2.24, 2.45) is 0 Å². The van der Waals surface area contributed by atoms with Crippen LogP contribution in [0.5, 0.6) is 0 Å². The van der Waals surface area contributed by atoms with Crippen LogP contribution in [0.4, 0.5) is 15.8 Å². The third kappa shape index (κ3) is 4.38. The predicted octanol–water partition coefficient (Wildman–Crippen LogP) is 0.913. The molecule has 1 rings (SSSR count). The van der Waals surface area contributed by atoms with Crippen LogP contribution >= 0.6 is 0 Å². The number of hydrogen-bond acceptors (Lipinski definition) is 6. The van der Waals surface area contributed by atoms with Crippen molar-refractivity contribution in [3.05, 3.63) is 33.6 Å². The van der Waals surface area contributed by atoms with Gasteiger partial charge in [0.1, 0.15) is 26.9 Å². The van der Waals surface area contributed by atoms with E-state index in [9.17, 15) is 27.7 Å². The zero-order valence-corrected chi connectivity index (χ0v) is 12.1. The number of halogens is 1. The first-order valence-electron chi connectivity index (χ1n) is 5.63. The molecular weight excluding hydrogens is 307 g/mol. The second-order valence-corrected chi connectivity index (χ2v) is 6.69. The number of nitro benzene ring substituents is 1. The molecule has 0 saturated carbocycles. The number of carboxylic acid groups (broad SMARTS) is 1. The average Bonchev–Trinajstić information content (AvgIpc) is 2.33. The highest BCUT2D eigenvalue weighted by molar-refractivity contribution is 7.90. The maximum Gasteiger partial charge on any atom is 0.338 e. The summed E-state index contributed by atoms with van der Waals surface area (Å²) in [4.78, 5) is 22.1. The molecule has 0 amide bonds. The summed E-state index contributed by atoms with van der Waals surface area (Å²) in [5.41, 5.74) is -1.61. The molecule has 0 heterocycles. The van der Waals surface area contributed by atoms with Gasteiger partial charge in [0, 0.05) is 32.0 Å². The van der Waals surface area contributed by atoms with Gasteiger partial charge in [0.2, 0.25) is 0 Å². The lowest BCUT2D eigenvalue weighted by Crippen LogP contribution is -2.26. The van der Waals surface area contributed by atoms with Gasteiger partial charge in [-0.1, -0.05) is 0 Å². The third-order valence-electron chi connectivity index (χ3n) is 2.70. The fraction of sp³-hybridized carbons (Fsp3) is 0.364. The van der Waals surface area contributed by atoms with Crippen molar-refractivity contribution in [1.82, 2.24) is 0 Å². The number of carbonyl (C=O) groups is 1. The van der Waals surface area contributed by atoms with Crippen LogP contribution < -0.4 is 4.90 Å². The van der Waals surface area contributed by atoms with E-state index >= 15 is 0 Å². The molecule has 0 bridgehead atoms. The van der Waals surface area contributed by atoms with Gasteiger partial charge >= 0.3 is 5.97 Å². The van der Waals surface area contributed by atoms with E-state index in [4.69, 9.17) is 5.11 Å². The highest BCUT2D eigenvalue weighted by atomic mass is 32.2. The molecule has 0 aliphatic heterocycles. The lowest BCUT2D eigenvalue weighted by Gasteiger charge is -2.19. The molecule has 0 aliphatic carbocycles. The molecule has 0 fully saturated rings.